The molecular formula is C13H21N3O4. The van der Waals surface area contributed by atoms with Gasteiger partial charge in [0.15, 0.2) is 0 Å². The zero-order valence-electron chi connectivity index (χ0n) is 11.5. The van der Waals surface area contributed by atoms with E-state index in [1.165, 1.54) is 0 Å². The number of hydrogen-bond donors (Lipinski definition) is 3. The van der Waals surface area contributed by atoms with Crippen molar-refractivity contribution >= 4 is 11.9 Å². The smallest absolute Gasteiger partial charge is 0.326 e. The van der Waals surface area contributed by atoms with Gasteiger partial charge in [0.25, 0.3) is 0 Å². The van der Waals surface area contributed by atoms with E-state index in [9.17, 15) is 9.59 Å². The molecular weight excluding hydrogens is 262 g/mol. The van der Waals surface area contributed by atoms with Crippen LogP contribution in [0.3, 0.4) is 0 Å². The number of nitrogens with one attached hydrogen (secondary N) is 1. The Morgan fingerprint density at radius 3 is 2.65 bits per heavy atom. The normalized spacial score (nSPS) is 13.7. The first-order valence-corrected chi connectivity index (χ1v) is 6.69. The van der Waals surface area contributed by atoms with Crippen molar-refractivity contribution in [2.24, 2.45) is 0 Å². The molecule has 0 aromatic carbocycles. The molecule has 3 N–H and O–H groups in total. The second kappa shape index (κ2) is 8.31. The molecule has 20 heavy (non-hydrogen) atoms. The molecule has 0 saturated carbocycles. The van der Waals surface area contributed by atoms with Gasteiger partial charge in [0, 0.05) is 37.9 Å². The first kappa shape index (κ1) is 16.2. The molecule has 0 aliphatic carbocycles. The minimum atomic E-state index is -1.14. The van der Waals surface area contributed by atoms with E-state index in [0.717, 1.165) is 12.8 Å². The summed E-state index contributed by atoms with van der Waals surface area (Å²) in [4.78, 5) is 26.8. The molecule has 0 aliphatic heterocycles. The van der Waals surface area contributed by atoms with Gasteiger partial charge in [-0.3, -0.25) is 4.79 Å². The van der Waals surface area contributed by atoms with Gasteiger partial charge >= 0.3 is 5.97 Å². The maximum absolute atomic E-state index is 11.9. The van der Waals surface area contributed by atoms with Gasteiger partial charge in [0.05, 0.1) is 6.33 Å². The molecule has 1 rings (SSSR count). The first-order valence-electron chi connectivity index (χ1n) is 6.69. The molecule has 2 atom stereocenters. The summed E-state index contributed by atoms with van der Waals surface area (Å²) in [6.07, 6.45) is 7.00. The van der Waals surface area contributed by atoms with E-state index in [1.54, 1.807) is 18.7 Å². The quantitative estimate of drug-likeness (QED) is 0.614. The summed E-state index contributed by atoms with van der Waals surface area (Å²) >= 11 is 0. The number of aliphatic carboxylic acids is 1. The van der Waals surface area contributed by atoms with E-state index in [4.69, 9.17) is 10.2 Å². The van der Waals surface area contributed by atoms with E-state index in [0.29, 0.717) is 0 Å². The van der Waals surface area contributed by atoms with Crippen molar-refractivity contribution in [2.75, 3.05) is 6.61 Å². The molecule has 0 fully saturated rings. The third kappa shape index (κ3) is 5.00. The molecule has 1 heterocycles. The molecule has 7 nitrogen and oxygen atoms in total. The first-order chi connectivity index (χ1) is 9.58. The van der Waals surface area contributed by atoms with Gasteiger partial charge in [-0.25, -0.2) is 9.78 Å². The van der Waals surface area contributed by atoms with Crippen LogP contribution in [0.15, 0.2) is 18.7 Å². The molecule has 1 aromatic rings. The number of rotatable bonds is 9. The Labute approximate surface area is 117 Å². The number of carbonyl (C=O) groups excluding carboxylic acids is 1. The topological polar surface area (TPSA) is 104 Å². The lowest BCUT2D eigenvalue weighted by atomic mass is 10.1. The number of aliphatic hydroxyl groups is 1. The van der Waals surface area contributed by atoms with E-state index >= 15 is 0 Å². The molecule has 0 aliphatic rings. The summed E-state index contributed by atoms with van der Waals surface area (Å²) in [6.45, 7) is 1.74. The van der Waals surface area contributed by atoms with Gasteiger partial charge in [-0.15, -0.1) is 0 Å². The average Bonchev–Trinajstić information content (AvgIpc) is 2.91. The highest BCUT2D eigenvalue weighted by Crippen LogP contribution is 2.17. The fraction of sp³-hybridized carbons (Fsp3) is 0.615. The SMILES string of the molecule is CCCC(CC(=O)N[C@H](CCO)C(=O)O)n1ccnc1. The number of carboxylic acid groups (broad SMARTS) is 1. The molecule has 1 aromatic heterocycles. The van der Waals surface area contributed by atoms with Gasteiger partial charge < -0.3 is 20.1 Å². The predicted octanol–water partition coefficient (Wildman–Crippen LogP) is 0.566. The van der Waals surface area contributed by atoms with Gasteiger partial charge in [-0.2, -0.15) is 0 Å². The number of aromatic nitrogens is 2. The van der Waals surface area contributed by atoms with E-state index < -0.39 is 12.0 Å². The minimum Gasteiger partial charge on any atom is -0.480 e. The zero-order valence-corrected chi connectivity index (χ0v) is 11.5. The van der Waals surface area contributed by atoms with E-state index in [-0.39, 0.29) is 31.4 Å². The summed E-state index contributed by atoms with van der Waals surface area (Å²) in [5.74, 6) is -1.47. The third-order valence-corrected chi connectivity index (χ3v) is 3.04. The van der Waals surface area contributed by atoms with Crippen molar-refractivity contribution in [1.82, 2.24) is 14.9 Å². The fourth-order valence-electron chi connectivity index (χ4n) is 2.03. The fourth-order valence-corrected chi connectivity index (χ4v) is 2.03. The van der Waals surface area contributed by atoms with Crippen molar-refractivity contribution in [1.29, 1.82) is 0 Å². The second-order valence-electron chi connectivity index (χ2n) is 4.63. The Balaban J connectivity index is 2.59. The van der Waals surface area contributed by atoms with Crippen LogP contribution < -0.4 is 5.32 Å². The summed E-state index contributed by atoms with van der Waals surface area (Å²) in [5.41, 5.74) is 0. The van der Waals surface area contributed by atoms with Crippen molar-refractivity contribution in [3.8, 4) is 0 Å². The molecule has 7 heteroatoms. The van der Waals surface area contributed by atoms with Crippen LogP contribution >= 0.6 is 0 Å². The summed E-state index contributed by atoms with van der Waals surface area (Å²) in [5, 5.41) is 20.2. The number of imidazole rings is 1. The van der Waals surface area contributed by atoms with Crippen LogP contribution in [0.1, 0.15) is 38.6 Å². The average molecular weight is 283 g/mol. The number of amides is 1. The van der Waals surface area contributed by atoms with Crippen molar-refractivity contribution in [3.05, 3.63) is 18.7 Å². The van der Waals surface area contributed by atoms with Crippen LogP contribution in [0.4, 0.5) is 0 Å². The van der Waals surface area contributed by atoms with Crippen molar-refractivity contribution < 1.29 is 19.8 Å². The van der Waals surface area contributed by atoms with Crippen LogP contribution in [-0.2, 0) is 9.59 Å². The monoisotopic (exact) mass is 283 g/mol. The molecule has 0 spiro atoms. The second-order valence-corrected chi connectivity index (χ2v) is 4.63. The predicted molar refractivity (Wildman–Crippen MR) is 72.1 cm³/mol. The lowest BCUT2D eigenvalue weighted by molar-refractivity contribution is -0.142. The Hall–Kier alpha value is -1.89. The number of carboxylic acids is 1. The number of aliphatic hydroxyl groups excluding tert-OH is 1. The van der Waals surface area contributed by atoms with Gasteiger partial charge in [0.2, 0.25) is 5.91 Å². The van der Waals surface area contributed by atoms with Crippen molar-refractivity contribution in [2.45, 2.75) is 44.7 Å². The molecule has 0 saturated heterocycles. The Morgan fingerprint density at radius 1 is 1.40 bits per heavy atom. The Bertz CT molecular complexity index is 419. The number of hydrogen-bond acceptors (Lipinski definition) is 4. The third-order valence-electron chi connectivity index (χ3n) is 3.04. The summed E-state index contributed by atoms with van der Waals surface area (Å²) < 4.78 is 1.85. The van der Waals surface area contributed by atoms with Gasteiger partial charge in [-0.05, 0) is 6.42 Å². The van der Waals surface area contributed by atoms with Gasteiger partial charge in [-0.1, -0.05) is 13.3 Å². The lowest BCUT2D eigenvalue weighted by Gasteiger charge is -2.19. The van der Waals surface area contributed by atoms with E-state index in [1.807, 2.05) is 11.5 Å². The molecule has 1 amide bonds. The Kier molecular flexibility index (Phi) is 6.72. The molecule has 1 unspecified atom stereocenters. The zero-order chi connectivity index (χ0) is 15.0. The molecule has 112 valence electrons. The highest BCUT2D eigenvalue weighted by Gasteiger charge is 2.21. The largest absolute Gasteiger partial charge is 0.480 e. The van der Waals surface area contributed by atoms with Gasteiger partial charge in [0.1, 0.15) is 6.04 Å². The molecule has 0 radical (unpaired) electrons. The lowest BCUT2D eigenvalue weighted by Crippen LogP contribution is -2.42. The summed E-state index contributed by atoms with van der Waals surface area (Å²) in [6, 6.07) is -1.08. The highest BCUT2D eigenvalue weighted by atomic mass is 16.4. The standard InChI is InChI=1S/C13H21N3O4/c1-2-3-10(16-6-5-14-9-16)8-12(18)15-11(4-7-17)13(19)20/h5-6,9-11,17H,2-4,7-8H2,1H3,(H,15,18)(H,19,20)/t10?,11-/m1/s1. The van der Waals surface area contributed by atoms with Crippen LogP contribution in [0.2, 0.25) is 0 Å². The van der Waals surface area contributed by atoms with Crippen LogP contribution in [0.5, 0.6) is 0 Å². The number of nitrogens with zero attached hydrogens (tertiary/aromatic N) is 2. The van der Waals surface area contributed by atoms with Crippen molar-refractivity contribution in [3.63, 3.8) is 0 Å². The maximum atomic E-state index is 11.9. The minimum absolute atomic E-state index is 0.00456. The number of carbonyl (C=O) groups is 2. The highest BCUT2D eigenvalue weighted by molar-refractivity contribution is 5.83. The van der Waals surface area contributed by atoms with Crippen LogP contribution in [0, 0.1) is 0 Å². The van der Waals surface area contributed by atoms with Crippen LogP contribution in [-0.4, -0.2) is 44.3 Å². The molecule has 0 bridgehead atoms. The Morgan fingerprint density at radius 2 is 2.15 bits per heavy atom. The van der Waals surface area contributed by atoms with Crippen LogP contribution in [0.25, 0.3) is 0 Å². The summed E-state index contributed by atoms with van der Waals surface area (Å²) in [7, 11) is 0. The van der Waals surface area contributed by atoms with E-state index in [2.05, 4.69) is 10.3 Å². The maximum Gasteiger partial charge on any atom is 0.326 e.